The number of hydrogen-bond donors (Lipinski definition) is 1. The first kappa shape index (κ1) is 12.4. The molecule has 0 saturated carbocycles. The Morgan fingerprint density at radius 2 is 2.32 bits per heavy atom. The van der Waals surface area contributed by atoms with Crippen LogP contribution in [0.3, 0.4) is 0 Å². The van der Waals surface area contributed by atoms with E-state index in [0.717, 1.165) is 16.9 Å². The Morgan fingerprint density at radius 1 is 1.42 bits per heavy atom. The van der Waals surface area contributed by atoms with Crippen LogP contribution in [-0.4, -0.2) is 4.98 Å². The van der Waals surface area contributed by atoms with Crippen LogP contribution in [0, 0.1) is 6.57 Å². The first-order valence-electron chi connectivity index (χ1n) is 5.49. The summed E-state index contributed by atoms with van der Waals surface area (Å²) in [6, 6.07) is 5.91. The van der Waals surface area contributed by atoms with Crippen molar-refractivity contribution in [2.45, 2.75) is 6.54 Å². The number of halogens is 1. The monoisotopic (exact) mass is 305 g/mol. The van der Waals surface area contributed by atoms with Crippen molar-refractivity contribution in [3.8, 4) is 0 Å². The number of nitrogens with zero attached hydrogens (tertiary/aromatic N) is 2. The summed E-state index contributed by atoms with van der Waals surface area (Å²) in [5.41, 5.74) is 2.17. The zero-order valence-electron chi connectivity index (χ0n) is 9.68. The number of pyridine rings is 1. The van der Waals surface area contributed by atoms with Crippen molar-refractivity contribution < 1.29 is 0 Å². The minimum absolute atomic E-state index is 0.407. The lowest BCUT2D eigenvalue weighted by atomic mass is 10.3. The maximum Gasteiger partial charge on any atom is 0.223 e. The third kappa shape index (κ3) is 2.43. The van der Waals surface area contributed by atoms with Gasteiger partial charge in [0.2, 0.25) is 5.69 Å². The highest BCUT2D eigenvalue weighted by molar-refractivity contribution is 7.18. The summed E-state index contributed by atoms with van der Waals surface area (Å²) in [6.07, 6.45) is 0. The Kier molecular flexibility index (Phi) is 3.38. The number of rotatable bonds is 3. The standard InChI is InChI=1S/C13H8ClN3S2/c1-15-10-7-19-13-9(5-11(14)17-12(10)13)16-6-8-3-2-4-18-8/h2-5,7H,6H2,(H,16,17). The summed E-state index contributed by atoms with van der Waals surface area (Å²) >= 11 is 9.25. The molecule has 0 radical (unpaired) electrons. The highest BCUT2D eigenvalue weighted by Crippen LogP contribution is 2.37. The van der Waals surface area contributed by atoms with E-state index < -0.39 is 0 Å². The molecule has 3 nitrogen and oxygen atoms in total. The van der Waals surface area contributed by atoms with Crippen molar-refractivity contribution in [3.63, 3.8) is 0 Å². The van der Waals surface area contributed by atoms with E-state index in [1.165, 1.54) is 16.2 Å². The van der Waals surface area contributed by atoms with E-state index in [4.69, 9.17) is 18.2 Å². The number of thiophene rings is 2. The number of anilines is 1. The summed E-state index contributed by atoms with van der Waals surface area (Å²) in [6.45, 7) is 7.88. The van der Waals surface area contributed by atoms with Gasteiger partial charge in [0.05, 0.1) is 22.5 Å². The second-order valence-electron chi connectivity index (χ2n) is 3.84. The topological polar surface area (TPSA) is 29.3 Å². The summed E-state index contributed by atoms with van der Waals surface area (Å²) in [4.78, 5) is 8.95. The minimum atomic E-state index is 0.407. The lowest BCUT2D eigenvalue weighted by Crippen LogP contribution is -1.97. The van der Waals surface area contributed by atoms with Crippen LogP contribution in [0.1, 0.15) is 4.88 Å². The fraction of sp³-hybridized carbons (Fsp3) is 0.0769. The second kappa shape index (κ2) is 5.17. The van der Waals surface area contributed by atoms with Gasteiger partial charge in [-0.3, -0.25) is 0 Å². The zero-order valence-corrected chi connectivity index (χ0v) is 12.1. The molecule has 3 rings (SSSR count). The lowest BCUT2D eigenvalue weighted by Gasteiger charge is -2.07. The molecule has 0 amide bonds. The molecule has 0 saturated heterocycles. The number of hydrogen-bond acceptors (Lipinski definition) is 4. The van der Waals surface area contributed by atoms with E-state index >= 15 is 0 Å². The molecule has 1 N–H and O–H groups in total. The molecule has 0 aliphatic rings. The van der Waals surface area contributed by atoms with Crippen LogP contribution >= 0.6 is 34.3 Å². The SMILES string of the molecule is [C-]#[N+]c1csc2c(NCc3cccs3)cc(Cl)nc12. The molecule has 3 aromatic rings. The zero-order chi connectivity index (χ0) is 13.2. The summed E-state index contributed by atoms with van der Waals surface area (Å²) < 4.78 is 0.979. The van der Waals surface area contributed by atoms with Gasteiger partial charge < -0.3 is 5.32 Å². The fourth-order valence-corrected chi connectivity index (χ4v) is 3.52. The van der Waals surface area contributed by atoms with Crippen LogP contribution in [-0.2, 0) is 6.54 Å². The van der Waals surface area contributed by atoms with Gasteiger partial charge in [0.1, 0.15) is 5.15 Å². The van der Waals surface area contributed by atoms with E-state index in [1.807, 2.05) is 22.9 Å². The fourth-order valence-electron chi connectivity index (χ4n) is 1.77. The van der Waals surface area contributed by atoms with Gasteiger partial charge in [-0.15, -0.1) is 11.3 Å². The van der Waals surface area contributed by atoms with Crippen LogP contribution < -0.4 is 5.32 Å². The van der Waals surface area contributed by atoms with Gasteiger partial charge in [0, 0.05) is 11.4 Å². The predicted molar refractivity (Wildman–Crippen MR) is 82.5 cm³/mol. The van der Waals surface area contributed by atoms with E-state index in [2.05, 4.69) is 21.2 Å². The third-order valence-corrected chi connectivity index (χ3v) is 4.69. The smallest absolute Gasteiger partial charge is 0.223 e. The van der Waals surface area contributed by atoms with Gasteiger partial charge in [0.25, 0.3) is 0 Å². The van der Waals surface area contributed by atoms with Gasteiger partial charge in [-0.2, -0.15) is 11.3 Å². The van der Waals surface area contributed by atoms with Gasteiger partial charge in [0.15, 0.2) is 0 Å². The Hall–Kier alpha value is -1.61. The molecule has 0 fully saturated rings. The van der Waals surface area contributed by atoms with Crippen molar-refractivity contribution in [2.75, 3.05) is 5.32 Å². The van der Waals surface area contributed by atoms with Crippen molar-refractivity contribution in [1.29, 1.82) is 0 Å². The Morgan fingerprint density at radius 3 is 3.05 bits per heavy atom. The molecule has 0 bridgehead atoms. The van der Waals surface area contributed by atoms with E-state index in [1.54, 1.807) is 11.3 Å². The van der Waals surface area contributed by atoms with Crippen molar-refractivity contribution in [3.05, 3.63) is 50.4 Å². The molecule has 0 aliphatic carbocycles. The summed E-state index contributed by atoms with van der Waals surface area (Å²) in [5, 5.41) is 7.64. The summed E-state index contributed by atoms with van der Waals surface area (Å²) in [7, 11) is 0. The first-order valence-corrected chi connectivity index (χ1v) is 7.63. The molecular weight excluding hydrogens is 298 g/mol. The molecule has 0 aliphatic heterocycles. The van der Waals surface area contributed by atoms with Crippen LogP contribution in [0.5, 0.6) is 0 Å². The Balaban J connectivity index is 1.99. The van der Waals surface area contributed by atoms with Crippen LogP contribution in [0.15, 0.2) is 29.0 Å². The molecule has 19 heavy (non-hydrogen) atoms. The molecule has 3 aromatic heterocycles. The minimum Gasteiger partial charge on any atom is -0.379 e. The van der Waals surface area contributed by atoms with Crippen LogP contribution in [0.4, 0.5) is 11.4 Å². The van der Waals surface area contributed by atoms with Crippen molar-refractivity contribution in [2.24, 2.45) is 0 Å². The first-order chi connectivity index (χ1) is 9.28. The largest absolute Gasteiger partial charge is 0.379 e. The molecule has 6 heteroatoms. The molecular formula is C13H8ClN3S2. The highest BCUT2D eigenvalue weighted by Gasteiger charge is 2.11. The number of fused-ring (bicyclic) bond motifs is 1. The van der Waals surface area contributed by atoms with Crippen LogP contribution in [0.2, 0.25) is 5.15 Å². The predicted octanol–water partition coefficient (Wildman–Crippen LogP) is 5.17. The highest BCUT2D eigenvalue weighted by atomic mass is 35.5. The maximum atomic E-state index is 7.13. The van der Waals surface area contributed by atoms with E-state index in [-0.39, 0.29) is 0 Å². The molecule has 0 aromatic carbocycles. The van der Waals surface area contributed by atoms with Crippen molar-refractivity contribution in [1.82, 2.24) is 4.98 Å². The molecule has 3 heterocycles. The van der Waals surface area contributed by atoms with Gasteiger partial charge in [-0.25, -0.2) is 9.83 Å². The average molecular weight is 306 g/mol. The van der Waals surface area contributed by atoms with Crippen molar-refractivity contribution >= 4 is 55.9 Å². The second-order valence-corrected chi connectivity index (χ2v) is 6.14. The molecule has 94 valence electrons. The molecule has 0 atom stereocenters. The third-order valence-electron chi connectivity index (χ3n) is 2.63. The van der Waals surface area contributed by atoms with Crippen LogP contribution in [0.25, 0.3) is 15.1 Å². The van der Waals surface area contributed by atoms with E-state index in [0.29, 0.717) is 16.4 Å². The average Bonchev–Trinajstić information content (AvgIpc) is 3.04. The van der Waals surface area contributed by atoms with Gasteiger partial charge in [-0.05, 0) is 22.9 Å². The number of aromatic nitrogens is 1. The number of nitrogens with one attached hydrogen (secondary N) is 1. The Labute approximate surface area is 123 Å². The normalized spacial score (nSPS) is 10.5. The molecule has 0 unspecified atom stereocenters. The van der Waals surface area contributed by atoms with Gasteiger partial charge >= 0.3 is 0 Å². The molecule has 0 spiro atoms. The quantitative estimate of drug-likeness (QED) is 0.534. The van der Waals surface area contributed by atoms with Gasteiger partial charge in [-0.1, -0.05) is 17.7 Å². The van der Waals surface area contributed by atoms with E-state index in [9.17, 15) is 0 Å². The maximum absolute atomic E-state index is 7.13. The summed E-state index contributed by atoms with van der Waals surface area (Å²) in [5.74, 6) is 0. The Bertz CT molecular complexity index is 756. The lowest BCUT2D eigenvalue weighted by molar-refractivity contribution is 1.20.